The third-order valence-corrected chi connectivity index (χ3v) is 7.77. The molecular formula is C24H30O5. The Balaban J connectivity index is 1.62. The lowest BCUT2D eigenvalue weighted by atomic mass is 9.45. The first-order chi connectivity index (χ1) is 13.5. The number of aliphatic hydroxyl groups is 1. The molecule has 4 rings (SSSR count). The SMILES string of the molecule is CC1(C)C(=O)CC[C@]2(C)[C@@H]1CC[C@@](C)(O)[C@@H]2COc1ccc2ccc(=O)oc2c1. The second-order valence-corrected chi connectivity index (χ2v) is 9.92. The summed E-state index contributed by atoms with van der Waals surface area (Å²) in [5.41, 5.74) is -1.32. The highest BCUT2D eigenvalue weighted by Gasteiger charge is 2.60. The van der Waals surface area contributed by atoms with Gasteiger partial charge in [-0.25, -0.2) is 4.79 Å². The molecule has 1 aromatic carbocycles. The average molecular weight is 398 g/mol. The van der Waals surface area contributed by atoms with Crippen molar-refractivity contribution in [3.05, 3.63) is 40.8 Å². The highest BCUT2D eigenvalue weighted by molar-refractivity contribution is 5.85. The fourth-order valence-corrected chi connectivity index (χ4v) is 6.01. The van der Waals surface area contributed by atoms with Crippen LogP contribution in [-0.4, -0.2) is 23.1 Å². The molecule has 2 saturated carbocycles. The normalized spacial score (nSPS) is 34.0. The van der Waals surface area contributed by atoms with Crippen molar-refractivity contribution in [3.8, 4) is 5.75 Å². The molecule has 1 N–H and O–H groups in total. The lowest BCUT2D eigenvalue weighted by Gasteiger charge is -2.60. The molecule has 0 bridgehead atoms. The van der Waals surface area contributed by atoms with Gasteiger partial charge in [0.25, 0.3) is 0 Å². The van der Waals surface area contributed by atoms with Crippen LogP contribution in [0.1, 0.15) is 53.4 Å². The molecule has 0 spiro atoms. The molecule has 2 aromatic rings. The molecule has 0 aliphatic heterocycles. The number of hydrogen-bond donors (Lipinski definition) is 1. The van der Waals surface area contributed by atoms with Gasteiger partial charge < -0.3 is 14.3 Å². The number of hydrogen-bond acceptors (Lipinski definition) is 5. The maximum Gasteiger partial charge on any atom is 0.336 e. The van der Waals surface area contributed by atoms with Gasteiger partial charge in [-0.2, -0.15) is 0 Å². The van der Waals surface area contributed by atoms with Crippen LogP contribution in [0.25, 0.3) is 11.0 Å². The Bertz CT molecular complexity index is 1000. The van der Waals surface area contributed by atoms with Gasteiger partial charge >= 0.3 is 5.63 Å². The molecule has 0 radical (unpaired) electrons. The van der Waals surface area contributed by atoms with Gasteiger partial charge in [-0.3, -0.25) is 4.79 Å². The summed E-state index contributed by atoms with van der Waals surface area (Å²) < 4.78 is 11.4. The van der Waals surface area contributed by atoms with E-state index in [1.807, 2.05) is 19.1 Å². The summed E-state index contributed by atoms with van der Waals surface area (Å²) in [6.45, 7) is 8.58. The molecule has 1 heterocycles. The second kappa shape index (κ2) is 6.69. The number of benzene rings is 1. The second-order valence-electron chi connectivity index (χ2n) is 9.92. The summed E-state index contributed by atoms with van der Waals surface area (Å²) >= 11 is 0. The quantitative estimate of drug-likeness (QED) is 0.778. The van der Waals surface area contributed by atoms with E-state index in [-0.39, 0.29) is 22.7 Å². The molecule has 5 nitrogen and oxygen atoms in total. The fraction of sp³-hybridized carbons (Fsp3) is 0.583. The zero-order valence-electron chi connectivity index (χ0n) is 17.7. The largest absolute Gasteiger partial charge is 0.493 e. The molecule has 2 fully saturated rings. The molecule has 0 unspecified atom stereocenters. The minimum absolute atomic E-state index is 0.0976. The maximum atomic E-state index is 12.6. The first kappa shape index (κ1) is 20.1. The van der Waals surface area contributed by atoms with E-state index in [0.29, 0.717) is 36.6 Å². The molecular weight excluding hydrogens is 368 g/mol. The van der Waals surface area contributed by atoms with Crippen molar-refractivity contribution in [2.45, 2.75) is 59.0 Å². The van der Waals surface area contributed by atoms with Crippen molar-refractivity contribution >= 4 is 16.8 Å². The molecule has 2 aliphatic rings. The Labute approximate surface area is 171 Å². The van der Waals surface area contributed by atoms with Gasteiger partial charge in [0.15, 0.2) is 0 Å². The summed E-state index contributed by atoms with van der Waals surface area (Å²) in [4.78, 5) is 24.1. The number of Topliss-reactive ketones (excluding diaryl/α,β-unsaturated/α-hetero) is 1. The smallest absolute Gasteiger partial charge is 0.336 e. The predicted molar refractivity (Wildman–Crippen MR) is 111 cm³/mol. The van der Waals surface area contributed by atoms with E-state index in [0.717, 1.165) is 18.2 Å². The lowest BCUT2D eigenvalue weighted by molar-refractivity contribution is -0.182. The molecule has 156 valence electrons. The van der Waals surface area contributed by atoms with Crippen molar-refractivity contribution in [1.82, 2.24) is 0 Å². The molecule has 4 atom stereocenters. The minimum Gasteiger partial charge on any atom is -0.493 e. The molecule has 2 aliphatic carbocycles. The monoisotopic (exact) mass is 398 g/mol. The van der Waals surface area contributed by atoms with Crippen molar-refractivity contribution in [1.29, 1.82) is 0 Å². The Morgan fingerprint density at radius 1 is 1.10 bits per heavy atom. The van der Waals surface area contributed by atoms with E-state index in [1.54, 1.807) is 12.1 Å². The number of rotatable bonds is 3. The van der Waals surface area contributed by atoms with Crippen LogP contribution >= 0.6 is 0 Å². The minimum atomic E-state index is -0.856. The zero-order chi connectivity index (χ0) is 21.0. The fourth-order valence-electron chi connectivity index (χ4n) is 6.01. The van der Waals surface area contributed by atoms with Crippen LogP contribution < -0.4 is 10.4 Å². The first-order valence-electron chi connectivity index (χ1n) is 10.5. The highest BCUT2D eigenvalue weighted by Crippen LogP contribution is 2.60. The van der Waals surface area contributed by atoms with Gasteiger partial charge in [-0.1, -0.05) is 20.8 Å². The Hall–Kier alpha value is -2.14. The van der Waals surface area contributed by atoms with Crippen LogP contribution in [0.4, 0.5) is 0 Å². The number of carbonyl (C=O) groups excluding carboxylic acids is 1. The van der Waals surface area contributed by atoms with Crippen molar-refractivity contribution in [3.63, 3.8) is 0 Å². The van der Waals surface area contributed by atoms with Gasteiger partial charge in [-0.15, -0.1) is 0 Å². The van der Waals surface area contributed by atoms with E-state index >= 15 is 0 Å². The van der Waals surface area contributed by atoms with Gasteiger partial charge in [0.05, 0.1) is 12.2 Å². The van der Waals surface area contributed by atoms with E-state index < -0.39 is 11.2 Å². The Morgan fingerprint density at radius 2 is 1.83 bits per heavy atom. The van der Waals surface area contributed by atoms with Crippen LogP contribution in [0.2, 0.25) is 0 Å². The third-order valence-electron chi connectivity index (χ3n) is 7.77. The Kier molecular flexibility index (Phi) is 4.65. The van der Waals surface area contributed by atoms with Crippen molar-refractivity contribution < 1.29 is 19.1 Å². The number of carbonyl (C=O) groups is 1. The molecule has 0 amide bonds. The molecule has 0 saturated heterocycles. The molecule has 29 heavy (non-hydrogen) atoms. The van der Waals surface area contributed by atoms with Gasteiger partial charge in [0.1, 0.15) is 17.1 Å². The maximum absolute atomic E-state index is 12.6. The summed E-state index contributed by atoms with van der Waals surface area (Å²) in [6.07, 6.45) is 2.83. The Morgan fingerprint density at radius 3 is 2.59 bits per heavy atom. The summed E-state index contributed by atoms with van der Waals surface area (Å²) in [6, 6.07) is 8.56. The van der Waals surface area contributed by atoms with Gasteiger partial charge in [0.2, 0.25) is 0 Å². The standard InChI is InChI=1S/C24H30O5/c1-22(2)18-9-12-24(4,27)19(23(18,3)11-10-20(22)25)14-28-16-7-5-15-6-8-21(26)29-17(15)13-16/h5-8,13,18-19,27H,9-12,14H2,1-4H3/t18-,19-,23-,24-/m1/s1. The summed E-state index contributed by atoms with van der Waals surface area (Å²) in [7, 11) is 0. The van der Waals surface area contributed by atoms with E-state index in [4.69, 9.17) is 9.15 Å². The topological polar surface area (TPSA) is 76.7 Å². The van der Waals surface area contributed by atoms with Crippen LogP contribution in [0.3, 0.4) is 0 Å². The predicted octanol–water partition coefficient (Wildman–Crippen LogP) is 4.34. The summed E-state index contributed by atoms with van der Waals surface area (Å²) in [5, 5.41) is 12.1. The van der Waals surface area contributed by atoms with Crippen LogP contribution in [-0.2, 0) is 4.79 Å². The summed E-state index contributed by atoms with van der Waals surface area (Å²) in [5.74, 6) is 1.06. The number of ketones is 1. The van der Waals surface area contributed by atoms with Crippen molar-refractivity contribution in [2.75, 3.05) is 6.61 Å². The zero-order valence-corrected chi connectivity index (χ0v) is 17.7. The van der Waals surface area contributed by atoms with E-state index in [9.17, 15) is 14.7 Å². The number of ether oxygens (including phenoxy) is 1. The number of fused-ring (bicyclic) bond motifs is 2. The van der Waals surface area contributed by atoms with E-state index in [2.05, 4.69) is 20.8 Å². The van der Waals surface area contributed by atoms with Crippen molar-refractivity contribution in [2.24, 2.45) is 22.7 Å². The lowest BCUT2D eigenvalue weighted by Crippen LogP contribution is -2.61. The van der Waals surface area contributed by atoms with Crippen LogP contribution in [0.5, 0.6) is 5.75 Å². The van der Waals surface area contributed by atoms with Gasteiger partial charge in [-0.05, 0) is 55.7 Å². The van der Waals surface area contributed by atoms with E-state index in [1.165, 1.54) is 6.07 Å². The van der Waals surface area contributed by atoms with Crippen LogP contribution in [0.15, 0.2) is 39.5 Å². The average Bonchev–Trinajstić information content (AvgIpc) is 2.64. The first-order valence-corrected chi connectivity index (χ1v) is 10.5. The molecule has 5 heteroatoms. The van der Waals surface area contributed by atoms with Gasteiger partial charge in [0, 0.05) is 35.3 Å². The highest BCUT2D eigenvalue weighted by atomic mass is 16.5. The van der Waals surface area contributed by atoms with Crippen LogP contribution in [0, 0.1) is 22.7 Å². The third kappa shape index (κ3) is 3.29. The molecule has 1 aromatic heterocycles.